The van der Waals surface area contributed by atoms with Crippen molar-refractivity contribution in [3.05, 3.63) is 102 Å². The summed E-state index contributed by atoms with van der Waals surface area (Å²) in [5.41, 5.74) is 1.82. The van der Waals surface area contributed by atoms with Gasteiger partial charge in [-0.05, 0) is 54.8 Å². The highest BCUT2D eigenvalue weighted by Crippen LogP contribution is 2.43. The zero-order valence-electron chi connectivity index (χ0n) is 17.7. The molecule has 4 rings (SSSR count). The van der Waals surface area contributed by atoms with Gasteiger partial charge in [0.2, 0.25) is 0 Å². The highest BCUT2D eigenvalue weighted by atomic mass is 16.5. The Bertz CT molecular complexity index is 905. The molecular weight excluding hydrogens is 370 g/mol. The molecule has 0 spiro atoms. The van der Waals surface area contributed by atoms with Crippen LogP contribution >= 0.6 is 0 Å². The minimum atomic E-state index is -1.15. The van der Waals surface area contributed by atoms with Gasteiger partial charge in [-0.25, -0.2) is 0 Å². The molecule has 3 aromatic carbocycles. The van der Waals surface area contributed by atoms with Gasteiger partial charge in [-0.15, -0.1) is 0 Å². The van der Waals surface area contributed by atoms with E-state index in [-0.39, 0.29) is 5.92 Å². The number of ether oxygens (including phenoxy) is 1. The Morgan fingerprint density at radius 2 is 1.37 bits per heavy atom. The van der Waals surface area contributed by atoms with Crippen molar-refractivity contribution in [1.82, 2.24) is 4.90 Å². The van der Waals surface area contributed by atoms with Crippen LogP contribution in [0.25, 0.3) is 0 Å². The Morgan fingerprint density at radius 1 is 0.800 bits per heavy atom. The predicted octanol–water partition coefficient (Wildman–Crippen LogP) is 5.20. The van der Waals surface area contributed by atoms with Gasteiger partial charge in [0.25, 0.3) is 0 Å². The minimum Gasteiger partial charge on any atom is -0.497 e. The molecule has 0 amide bonds. The van der Waals surface area contributed by atoms with E-state index in [0.29, 0.717) is 0 Å². The van der Waals surface area contributed by atoms with Crippen molar-refractivity contribution in [3.63, 3.8) is 0 Å². The minimum absolute atomic E-state index is 0.0902. The molecule has 0 aromatic heterocycles. The number of likely N-dealkylation sites (tertiary alicyclic amines) is 1. The van der Waals surface area contributed by atoms with Gasteiger partial charge in [0.05, 0.1) is 7.11 Å². The number of methoxy groups -OCH3 is 1. The van der Waals surface area contributed by atoms with E-state index in [4.69, 9.17) is 4.74 Å². The smallest absolute Gasteiger partial charge is 0.123 e. The van der Waals surface area contributed by atoms with Crippen molar-refractivity contribution in [2.24, 2.45) is 0 Å². The number of piperidine rings is 1. The molecule has 0 bridgehead atoms. The second kappa shape index (κ2) is 9.46. The summed E-state index contributed by atoms with van der Waals surface area (Å²) >= 11 is 0. The van der Waals surface area contributed by atoms with Crippen LogP contribution in [0.5, 0.6) is 5.75 Å². The molecule has 1 N–H and O–H groups in total. The molecule has 0 radical (unpaired) electrons. The molecule has 156 valence electrons. The van der Waals surface area contributed by atoms with E-state index < -0.39 is 5.60 Å². The van der Waals surface area contributed by atoms with Crippen molar-refractivity contribution in [2.45, 2.75) is 30.8 Å². The third-order valence-corrected chi connectivity index (χ3v) is 6.34. The van der Waals surface area contributed by atoms with Crippen LogP contribution in [0.15, 0.2) is 84.9 Å². The maximum Gasteiger partial charge on any atom is 0.123 e. The van der Waals surface area contributed by atoms with Gasteiger partial charge in [0, 0.05) is 12.5 Å². The number of hydrogen-bond donors (Lipinski definition) is 1. The molecule has 0 saturated carbocycles. The molecule has 1 saturated heterocycles. The number of benzene rings is 3. The number of aliphatic hydroxyl groups is 1. The lowest BCUT2D eigenvalue weighted by atomic mass is 9.72. The maximum absolute atomic E-state index is 12.5. The van der Waals surface area contributed by atoms with Crippen LogP contribution in [0.2, 0.25) is 0 Å². The van der Waals surface area contributed by atoms with Crippen LogP contribution in [0.3, 0.4) is 0 Å². The summed E-state index contributed by atoms with van der Waals surface area (Å²) < 4.78 is 5.36. The molecule has 1 aliphatic heterocycles. The summed E-state index contributed by atoms with van der Waals surface area (Å²) in [5, 5.41) is 12.5. The average Bonchev–Trinajstić information content (AvgIpc) is 2.84. The summed E-state index contributed by atoms with van der Waals surface area (Å²) in [7, 11) is 1.67. The number of rotatable bonds is 7. The van der Waals surface area contributed by atoms with Crippen molar-refractivity contribution >= 4 is 0 Å². The van der Waals surface area contributed by atoms with E-state index >= 15 is 0 Å². The molecule has 30 heavy (non-hydrogen) atoms. The van der Waals surface area contributed by atoms with Crippen LogP contribution in [0, 0.1) is 0 Å². The van der Waals surface area contributed by atoms with Crippen LogP contribution in [-0.2, 0) is 5.60 Å². The average molecular weight is 402 g/mol. The first-order valence-corrected chi connectivity index (χ1v) is 10.9. The zero-order valence-corrected chi connectivity index (χ0v) is 17.7. The summed E-state index contributed by atoms with van der Waals surface area (Å²) in [4.78, 5) is 2.51. The number of nitrogens with zero attached hydrogens (tertiary/aromatic N) is 1. The topological polar surface area (TPSA) is 32.7 Å². The molecule has 3 aromatic rings. The van der Waals surface area contributed by atoms with Gasteiger partial charge < -0.3 is 14.7 Å². The van der Waals surface area contributed by atoms with E-state index in [2.05, 4.69) is 29.2 Å². The normalized spacial score (nSPS) is 17.8. The maximum atomic E-state index is 12.5. The summed E-state index contributed by atoms with van der Waals surface area (Å²) in [6.07, 6.45) is 3.76. The predicted molar refractivity (Wildman–Crippen MR) is 122 cm³/mol. The SMILES string of the molecule is COc1ccc([C@](O)(c2ccccc2)[C@H](CN2CCCCC2)c2ccccc2)cc1. The van der Waals surface area contributed by atoms with Gasteiger partial charge in [-0.3, -0.25) is 0 Å². The summed E-state index contributed by atoms with van der Waals surface area (Å²) in [6, 6.07) is 28.4. The molecule has 0 unspecified atom stereocenters. The molecule has 0 aliphatic carbocycles. The van der Waals surface area contributed by atoms with Gasteiger partial charge in [0.1, 0.15) is 11.4 Å². The van der Waals surface area contributed by atoms with Crippen LogP contribution in [0.1, 0.15) is 41.9 Å². The number of hydrogen-bond acceptors (Lipinski definition) is 3. The van der Waals surface area contributed by atoms with Gasteiger partial charge in [-0.2, -0.15) is 0 Å². The third-order valence-electron chi connectivity index (χ3n) is 6.34. The van der Waals surface area contributed by atoms with Gasteiger partial charge >= 0.3 is 0 Å². The molecule has 1 heterocycles. The zero-order chi connectivity index (χ0) is 20.8. The highest BCUT2D eigenvalue weighted by molar-refractivity contribution is 5.43. The molecule has 3 nitrogen and oxygen atoms in total. The fourth-order valence-corrected chi connectivity index (χ4v) is 4.67. The highest BCUT2D eigenvalue weighted by Gasteiger charge is 2.42. The van der Waals surface area contributed by atoms with Crippen LogP contribution < -0.4 is 4.74 Å². The first kappa shape index (κ1) is 20.6. The van der Waals surface area contributed by atoms with Gasteiger partial charge in [0.15, 0.2) is 0 Å². The van der Waals surface area contributed by atoms with Gasteiger partial charge in [-0.1, -0.05) is 79.2 Å². The van der Waals surface area contributed by atoms with E-state index in [9.17, 15) is 5.11 Å². The largest absolute Gasteiger partial charge is 0.497 e. The Hall–Kier alpha value is -2.62. The van der Waals surface area contributed by atoms with Crippen LogP contribution in [0.4, 0.5) is 0 Å². The molecule has 2 atom stereocenters. The first-order chi connectivity index (χ1) is 14.7. The third kappa shape index (κ3) is 4.28. The second-order valence-corrected chi connectivity index (χ2v) is 8.19. The first-order valence-electron chi connectivity index (χ1n) is 10.9. The molecule has 1 aliphatic rings. The van der Waals surface area contributed by atoms with E-state index in [1.807, 2.05) is 60.7 Å². The Balaban J connectivity index is 1.83. The van der Waals surface area contributed by atoms with E-state index in [1.54, 1.807) is 7.11 Å². The molecule has 1 fully saturated rings. The lowest BCUT2D eigenvalue weighted by Crippen LogP contribution is -2.43. The standard InChI is InChI=1S/C27H31NO2/c1-30-25-17-15-24(16-18-25)27(29,23-13-7-3-8-14-23)26(22-11-5-2-6-12-22)21-28-19-9-4-10-20-28/h2-3,5-8,11-18,26,29H,4,9-10,19-21H2,1H3/t26-,27-/m1/s1. The van der Waals surface area contributed by atoms with Crippen LogP contribution in [-0.4, -0.2) is 36.8 Å². The Morgan fingerprint density at radius 3 is 1.97 bits per heavy atom. The fourth-order valence-electron chi connectivity index (χ4n) is 4.67. The fraction of sp³-hybridized carbons (Fsp3) is 0.333. The Kier molecular flexibility index (Phi) is 6.51. The second-order valence-electron chi connectivity index (χ2n) is 8.19. The lowest BCUT2D eigenvalue weighted by molar-refractivity contribution is 0.0310. The van der Waals surface area contributed by atoms with Crippen molar-refractivity contribution in [2.75, 3.05) is 26.7 Å². The van der Waals surface area contributed by atoms with Crippen molar-refractivity contribution in [3.8, 4) is 5.75 Å². The van der Waals surface area contributed by atoms with Crippen molar-refractivity contribution in [1.29, 1.82) is 0 Å². The van der Waals surface area contributed by atoms with E-state index in [0.717, 1.165) is 42.1 Å². The summed E-state index contributed by atoms with van der Waals surface area (Å²) in [6.45, 7) is 3.01. The molecule has 3 heteroatoms. The quantitative estimate of drug-likeness (QED) is 0.591. The lowest BCUT2D eigenvalue weighted by Gasteiger charge is -2.41. The summed E-state index contributed by atoms with van der Waals surface area (Å²) in [5.74, 6) is 0.703. The van der Waals surface area contributed by atoms with E-state index in [1.165, 1.54) is 19.3 Å². The Labute approximate surface area is 179 Å². The van der Waals surface area contributed by atoms with Crippen molar-refractivity contribution < 1.29 is 9.84 Å². The monoisotopic (exact) mass is 401 g/mol. The molecular formula is C27H31NO2.